The van der Waals surface area contributed by atoms with Gasteiger partial charge in [0.05, 0.1) is 18.3 Å². The first-order chi connectivity index (χ1) is 12.6. The van der Waals surface area contributed by atoms with E-state index in [2.05, 4.69) is 20.0 Å². The van der Waals surface area contributed by atoms with Gasteiger partial charge in [-0.2, -0.15) is 4.98 Å². The highest BCUT2D eigenvalue weighted by Crippen LogP contribution is 2.35. The molecule has 0 amide bonds. The fraction of sp³-hybridized carbons (Fsp3) is 0.611. The first-order valence-corrected chi connectivity index (χ1v) is 9.19. The average Bonchev–Trinajstić information content (AvgIpc) is 2.93. The molecule has 2 aromatic heterocycles. The maximum absolute atomic E-state index is 5.99. The molecule has 0 aliphatic carbocycles. The maximum Gasteiger partial charge on any atom is 0.257 e. The van der Waals surface area contributed by atoms with Gasteiger partial charge in [-0.3, -0.25) is 4.68 Å². The minimum Gasteiger partial charge on any atom is -0.475 e. The lowest BCUT2D eigenvalue weighted by Crippen LogP contribution is -2.21. The van der Waals surface area contributed by atoms with Gasteiger partial charge in [0.1, 0.15) is 11.8 Å². The number of nitrogens with one attached hydrogen (secondary N) is 1. The van der Waals surface area contributed by atoms with E-state index >= 15 is 0 Å². The van der Waals surface area contributed by atoms with Crippen LogP contribution in [0.5, 0.6) is 11.8 Å². The molecule has 2 aliphatic rings. The summed E-state index contributed by atoms with van der Waals surface area (Å²) in [6.07, 6.45) is 4.43. The summed E-state index contributed by atoms with van der Waals surface area (Å²) in [7, 11) is 0. The molecule has 4 heterocycles. The van der Waals surface area contributed by atoms with Crippen LogP contribution in [0.2, 0.25) is 0 Å². The van der Waals surface area contributed by atoms with E-state index in [4.69, 9.17) is 19.3 Å². The topological polar surface area (TPSA) is 83.3 Å². The number of rotatable bonds is 1. The molecular weight excluding hydrogens is 334 g/mol. The molecule has 1 atom stereocenters. The van der Waals surface area contributed by atoms with E-state index in [1.54, 1.807) is 6.20 Å². The Labute approximate surface area is 152 Å². The van der Waals surface area contributed by atoms with Gasteiger partial charge in [0.15, 0.2) is 0 Å². The minimum atomic E-state index is -0.00308. The summed E-state index contributed by atoms with van der Waals surface area (Å²) in [4.78, 5) is 8.92. The Balaban J connectivity index is 1.72. The van der Waals surface area contributed by atoms with E-state index < -0.39 is 0 Å². The van der Waals surface area contributed by atoms with Crippen molar-refractivity contribution < 1.29 is 14.2 Å². The van der Waals surface area contributed by atoms with Crippen LogP contribution in [-0.2, 0) is 4.74 Å². The van der Waals surface area contributed by atoms with Crippen LogP contribution in [0.1, 0.15) is 43.5 Å². The predicted octanol–water partition coefficient (Wildman–Crippen LogP) is 2.93. The highest BCUT2D eigenvalue weighted by atomic mass is 16.5. The Morgan fingerprint density at radius 2 is 1.92 bits per heavy atom. The lowest BCUT2D eigenvalue weighted by molar-refractivity contribution is 0.0651. The third-order valence-corrected chi connectivity index (χ3v) is 4.89. The predicted molar refractivity (Wildman–Crippen MR) is 96.3 cm³/mol. The summed E-state index contributed by atoms with van der Waals surface area (Å²) in [5.41, 5.74) is 2.75. The van der Waals surface area contributed by atoms with E-state index in [-0.39, 0.29) is 6.10 Å². The molecule has 2 bridgehead atoms. The molecule has 1 unspecified atom stereocenters. The second kappa shape index (κ2) is 7.11. The van der Waals surface area contributed by atoms with Crippen molar-refractivity contribution in [2.45, 2.75) is 52.2 Å². The summed E-state index contributed by atoms with van der Waals surface area (Å²) in [5, 5.41) is 8.03. The second-order valence-corrected chi connectivity index (χ2v) is 6.93. The van der Waals surface area contributed by atoms with Crippen LogP contribution in [0.3, 0.4) is 0 Å². The Morgan fingerprint density at radius 3 is 2.73 bits per heavy atom. The molecular formula is C18H25N5O3. The lowest BCUT2D eigenvalue weighted by atomic mass is 10.1. The van der Waals surface area contributed by atoms with Crippen LogP contribution in [0.4, 0.5) is 11.6 Å². The highest BCUT2D eigenvalue weighted by Gasteiger charge is 2.25. The quantitative estimate of drug-likeness (QED) is 0.838. The number of anilines is 2. The Morgan fingerprint density at radius 1 is 1.12 bits per heavy atom. The fourth-order valence-corrected chi connectivity index (χ4v) is 3.31. The zero-order chi connectivity index (χ0) is 18.1. The van der Waals surface area contributed by atoms with E-state index in [1.807, 2.05) is 20.8 Å². The molecule has 1 saturated heterocycles. The third kappa shape index (κ3) is 3.33. The van der Waals surface area contributed by atoms with Gasteiger partial charge in [-0.15, -0.1) is 5.10 Å². The van der Waals surface area contributed by atoms with Crippen molar-refractivity contribution in [3.8, 4) is 11.8 Å². The van der Waals surface area contributed by atoms with Gasteiger partial charge in [-0.05, 0) is 33.6 Å². The summed E-state index contributed by atoms with van der Waals surface area (Å²) < 4.78 is 19.5. The van der Waals surface area contributed by atoms with Gasteiger partial charge in [-0.1, -0.05) is 0 Å². The van der Waals surface area contributed by atoms with Crippen molar-refractivity contribution in [1.82, 2.24) is 19.7 Å². The Kier molecular flexibility index (Phi) is 4.67. The zero-order valence-electron chi connectivity index (χ0n) is 15.5. The summed E-state index contributed by atoms with van der Waals surface area (Å²) in [5.74, 6) is 1.68. The van der Waals surface area contributed by atoms with E-state index in [1.165, 1.54) is 0 Å². The molecule has 2 aromatic rings. The minimum absolute atomic E-state index is 0.00308. The number of fused-ring (bicyclic) bond motifs is 3. The highest BCUT2D eigenvalue weighted by molar-refractivity contribution is 5.63. The SMILES string of the molecule is Cc1cnc2nc1OC(C)CCOc1nn(C3CCOCC3)c(C)c1N2. The van der Waals surface area contributed by atoms with Crippen molar-refractivity contribution in [2.75, 3.05) is 25.1 Å². The molecule has 4 rings (SSSR count). The Hall–Kier alpha value is -2.35. The fourth-order valence-electron chi connectivity index (χ4n) is 3.31. The van der Waals surface area contributed by atoms with Crippen LogP contribution in [0.15, 0.2) is 6.20 Å². The molecule has 1 fully saturated rings. The van der Waals surface area contributed by atoms with Crippen LogP contribution in [0, 0.1) is 13.8 Å². The average molecular weight is 359 g/mol. The zero-order valence-corrected chi connectivity index (χ0v) is 15.5. The van der Waals surface area contributed by atoms with Gasteiger partial charge >= 0.3 is 0 Å². The van der Waals surface area contributed by atoms with Crippen molar-refractivity contribution >= 4 is 11.6 Å². The molecule has 0 radical (unpaired) electrons. The molecule has 0 saturated carbocycles. The summed E-state index contributed by atoms with van der Waals surface area (Å²) >= 11 is 0. The number of aryl methyl sites for hydroxylation is 1. The molecule has 140 valence electrons. The second-order valence-electron chi connectivity index (χ2n) is 6.93. The van der Waals surface area contributed by atoms with Crippen molar-refractivity contribution in [1.29, 1.82) is 0 Å². The van der Waals surface area contributed by atoms with Crippen LogP contribution in [-0.4, -0.2) is 45.7 Å². The normalized spacial score (nSPS) is 21.0. The molecule has 8 heteroatoms. The largest absolute Gasteiger partial charge is 0.475 e. The van der Waals surface area contributed by atoms with Crippen molar-refractivity contribution in [2.24, 2.45) is 0 Å². The monoisotopic (exact) mass is 359 g/mol. The number of ether oxygens (including phenoxy) is 3. The Bertz CT molecular complexity index is 785. The van der Waals surface area contributed by atoms with E-state index in [9.17, 15) is 0 Å². The maximum atomic E-state index is 5.99. The number of hydrogen-bond donors (Lipinski definition) is 1. The summed E-state index contributed by atoms with van der Waals surface area (Å²) in [6.45, 7) is 8.07. The standard InChI is InChI=1S/C18H25N5O3/c1-11-10-19-18-20-15-13(3)23(14-5-7-24-8-6-14)22-17(15)25-9-4-12(2)26-16(11)21-18/h10,12,14H,4-9H2,1-3H3,(H,19,20,21). The van der Waals surface area contributed by atoms with Crippen LogP contribution in [0.25, 0.3) is 0 Å². The van der Waals surface area contributed by atoms with Gasteiger partial charge in [0, 0.05) is 31.4 Å². The van der Waals surface area contributed by atoms with Gasteiger partial charge in [-0.25, -0.2) is 4.98 Å². The van der Waals surface area contributed by atoms with Gasteiger partial charge in [0.25, 0.3) is 5.88 Å². The van der Waals surface area contributed by atoms with E-state index in [0.717, 1.165) is 49.4 Å². The first-order valence-electron chi connectivity index (χ1n) is 9.19. The van der Waals surface area contributed by atoms with Crippen LogP contribution >= 0.6 is 0 Å². The number of aromatic nitrogens is 4. The van der Waals surface area contributed by atoms with Crippen molar-refractivity contribution in [3.05, 3.63) is 17.5 Å². The van der Waals surface area contributed by atoms with E-state index in [0.29, 0.717) is 30.4 Å². The molecule has 2 aliphatic heterocycles. The van der Waals surface area contributed by atoms with Gasteiger partial charge < -0.3 is 19.5 Å². The molecule has 8 nitrogen and oxygen atoms in total. The van der Waals surface area contributed by atoms with Crippen molar-refractivity contribution in [3.63, 3.8) is 0 Å². The first kappa shape index (κ1) is 17.1. The molecule has 0 aromatic carbocycles. The molecule has 0 spiro atoms. The van der Waals surface area contributed by atoms with Gasteiger partial charge in [0.2, 0.25) is 11.8 Å². The number of nitrogens with zero attached hydrogens (tertiary/aromatic N) is 4. The van der Waals surface area contributed by atoms with Crippen LogP contribution < -0.4 is 14.8 Å². The lowest BCUT2D eigenvalue weighted by Gasteiger charge is -2.23. The smallest absolute Gasteiger partial charge is 0.257 e. The summed E-state index contributed by atoms with van der Waals surface area (Å²) in [6, 6.07) is 0.325. The number of hydrogen-bond acceptors (Lipinski definition) is 7. The third-order valence-electron chi connectivity index (χ3n) is 4.89. The molecule has 26 heavy (non-hydrogen) atoms. The molecule has 1 N–H and O–H groups in total.